The zero-order valence-corrected chi connectivity index (χ0v) is 12.3. The number of hydrazine groups is 1. The van der Waals surface area contributed by atoms with Gasteiger partial charge in [0.05, 0.1) is 5.69 Å². The molecule has 0 spiro atoms. The van der Waals surface area contributed by atoms with Gasteiger partial charge in [-0.05, 0) is 37.6 Å². The first-order valence-electron chi connectivity index (χ1n) is 6.27. The molecule has 2 aromatic rings. The van der Waals surface area contributed by atoms with Crippen molar-refractivity contribution in [2.75, 3.05) is 0 Å². The van der Waals surface area contributed by atoms with Gasteiger partial charge in [-0.1, -0.05) is 23.8 Å². The minimum Gasteiger partial charge on any atom is -0.289 e. The van der Waals surface area contributed by atoms with Crippen LogP contribution in [0, 0.1) is 13.8 Å². The molecule has 5 heteroatoms. The summed E-state index contributed by atoms with van der Waals surface area (Å²) in [6, 6.07) is 11.7. The lowest BCUT2D eigenvalue weighted by atomic mass is 10.2. The van der Waals surface area contributed by atoms with Gasteiger partial charge in [0.25, 0.3) is 5.91 Å². The van der Waals surface area contributed by atoms with Crippen LogP contribution in [-0.4, -0.2) is 10.9 Å². The van der Waals surface area contributed by atoms with E-state index in [1.54, 1.807) is 17.8 Å². The van der Waals surface area contributed by atoms with Crippen LogP contribution in [0.1, 0.15) is 27.3 Å². The Hall–Kier alpha value is -1.85. The maximum Gasteiger partial charge on any atom is 0.283 e. The lowest BCUT2D eigenvalue weighted by molar-refractivity contribution is 0.0948. The van der Waals surface area contributed by atoms with E-state index in [4.69, 9.17) is 5.84 Å². The van der Waals surface area contributed by atoms with Crippen LogP contribution in [-0.2, 0) is 5.75 Å². The predicted octanol–water partition coefficient (Wildman–Crippen LogP) is 2.59. The van der Waals surface area contributed by atoms with Gasteiger partial charge in [0.15, 0.2) is 0 Å². The SMILES string of the molecule is Cc1ccc(C)c(SCc2cccc(C(=O)NN)n2)c1. The first kappa shape index (κ1) is 14.6. The van der Waals surface area contributed by atoms with Crippen molar-refractivity contribution < 1.29 is 4.79 Å². The highest BCUT2D eigenvalue weighted by Crippen LogP contribution is 2.26. The van der Waals surface area contributed by atoms with Crippen LogP contribution in [0.2, 0.25) is 0 Å². The fraction of sp³-hybridized carbons (Fsp3) is 0.200. The predicted molar refractivity (Wildman–Crippen MR) is 81.4 cm³/mol. The molecule has 4 nitrogen and oxygen atoms in total. The van der Waals surface area contributed by atoms with Crippen LogP contribution in [0.3, 0.4) is 0 Å². The quantitative estimate of drug-likeness (QED) is 0.392. The number of aryl methyl sites for hydroxylation is 2. The molecule has 1 amide bonds. The van der Waals surface area contributed by atoms with Gasteiger partial charge in [0.1, 0.15) is 5.69 Å². The first-order valence-corrected chi connectivity index (χ1v) is 7.25. The summed E-state index contributed by atoms with van der Waals surface area (Å²) in [7, 11) is 0. The van der Waals surface area contributed by atoms with Crippen LogP contribution in [0.5, 0.6) is 0 Å². The van der Waals surface area contributed by atoms with E-state index < -0.39 is 0 Å². The highest BCUT2D eigenvalue weighted by Gasteiger charge is 2.07. The third-order valence-electron chi connectivity index (χ3n) is 2.89. The van der Waals surface area contributed by atoms with Crippen molar-refractivity contribution in [2.24, 2.45) is 5.84 Å². The van der Waals surface area contributed by atoms with Gasteiger partial charge in [-0.2, -0.15) is 0 Å². The maximum absolute atomic E-state index is 11.4. The van der Waals surface area contributed by atoms with Gasteiger partial charge < -0.3 is 0 Å². The average Bonchev–Trinajstić information content (AvgIpc) is 2.47. The molecule has 1 heterocycles. The molecule has 0 saturated carbocycles. The number of nitrogens with two attached hydrogens (primary N) is 1. The van der Waals surface area contributed by atoms with Gasteiger partial charge in [-0.3, -0.25) is 10.2 Å². The second-order valence-electron chi connectivity index (χ2n) is 4.55. The molecule has 1 aromatic heterocycles. The molecular formula is C15H17N3OS. The van der Waals surface area contributed by atoms with E-state index in [1.165, 1.54) is 16.0 Å². The number of carbonyl (C=O) groups excluding carboxylic acids is 1. The number of pyridine rings is 1. The number of hydrogen-bond acceptors (Lipinski definition) is 4. The normalized spacial score (nSPS) is 10.3. The number of aromatic nitrogens is 1. The molecule has 0 aliphatic carbocycles. The number of rotatable bonds is 4. The summed E-state index contributed by atoms with van der Waals surface area (Å²) in [5.41, 5.74) is 5.77. The van der Waals surface area contributed by atoms with E-state index in [1.807, 2.05) is 12.1 Å². The molecule has 0 fully saturated rings. The molecule has 0 atom stereocenters. The zero-order chi connectivity index (χ0) is 14.5. The van der Waals surface area contributed by atoms with Crippen molar-refractivity contribution >= 4 is 17.7 Å². The molecule has 0 aliphatic rings. The molecule has 0 aliphatic heterocycles. The lowest BCUT2D eigenvalue weighted by Gasteiger charge is -2.07. The Morgan fingerprint density at radius 2 is 2.10 bits per heavy atom. The van der Waals surface area contributed by atoms with Crippen molar-refractivity contribution in [1.29, 1.82) is 0 Å². The molecule has 0 unspecified atom stereocenters. The van der Waals surface area contributed by atoms with Gasteiger partial charge in [-0.15, -0.1) is 11.8 Å². The number of benzene rings is 1. The number of carbonyl (C=O) groups is 1. The molecule has 0 bridgehead atoms. The molecule has 1 aromatic carbocycles. The maximum atomic E-state index is 11.4. The van der Waals surface area contributed by atoms with E-state index in [-0.39, 0.29) is 5.91 Å². The summed E-state index contributed by atoms with van der Waals surface area (Å²) < 4.78 is 0. The second kappa shape index (κ2) is 6.54. The third-order valence-corrected chi connectivity index (χ3v) is 4.08. The fourth-order valence-electron chi connectivity index (χ4n) is 1.77. The highest BCUT2D eigenvalue weighted by atomic mass is 32.2. The highest BCUT2D eigenvalue weighted by molar-refractivity contribution is 7.98. The Kier molecular flexibility index (Phi) is 4.76. The summed E-state index contributed by atoms with van der Waals surface area (Å²) in [5, 5.41) is 0. The van der Waals surface area contributed by atoms with E-state index in [0.29, 0.717) is 5.69 Å². The van der Waals surface area contributed by atoms with Crippen LogP contribution in [0.4, 0.5) is 0 Å². The number of nitrogens with one attached hydrogen (secondary N) is 1. The number of nitrogens with zero attached hydrogens (tertiary/aromatic N) is 1. The minimum absolute atomic E-state index is 0.339. The van der Waals surface area contributed by atoms with Crippen LogP contribution in [0.25, 0.3) is 0 Å². The van der Waals surface area contributed by atoms with Crippen molar-refractivity contribution in [2.45, 2.75) is 24.5 Å². The number of amides is 1. The summed E-state index contributed by atoms with van der Waals surface area (Å²) in [4.78, 5) is 17.0. The van der Waals surface area contributed by atoms with Crippen molar-refractivity contribution in [3.8, 4) is 0 Å². The summed E-state index contributed by atoms with van der Waals surface area (Å²) >= 11 is 1.72. The largest absolute Gasteiger partial charge is 0.289 e. The molecule has 0 saturated heterocycles. The van der Waals surface area contributed by atoms with Gasteiger partial charge in [0.2, 0.25) is 0 Å². The molecule has 2 rings (SSSR count). The third kappa shape index (κ3) is 3.59. The number of thioether (sulfide) groups is 1. The van der Waals surface area contributed by atoms with Crippen molar-refractivity contribution in [1.82, 2.24) is 10.4 Å². The van der Waals surface area contributed by atoms with E-state index in [9.17, 15) is 4.79 Å². The smallest absolute Gasteiger partial charge is 0.283 e. The number of hydrogen-bond donors (Lipinski definition) is 2. The van der Waals surface area contributed by atoms with E-state index in [0.717, 1.165) is 11.4 Å². The Labute approximate surface area is 122 Å². The second-order valence-corrected chi connectivity index (χ2v) is 5.56. The zero-order valence-electron chi connectivity index (χ0n) is 11.5. The first-order chi connectivity index (χ1) is 9.60. The van der Waals surface area contributed by atoms with Crippen LogP contribution < -0.4 is 11.3 Å². The summed E-state index contributed by atoms with van der Waals surface area (Å²) in [5.74, 6) is 5.46. The van der Waals surface area contributed by atoms with Gasteiger partial charge in [-0.25, -0.2) is 10.8 Å². The average molecular weight is 287 g/mol. The summed E-state index contributed by atoms with van der Waals surface area (Å²) in [6.45, 7) is 4.17. The van der Waals surface area contributed by atoms with Crippen molar-refractivity contribution in [3.63, 3.8) is 0 Å². The summed E-state index contributed by atoms with van der Waals surface area (Å²) in [6.07, 6.45) is 0. The minimum atomic E-state index is -0.372. The molecule has 3 N–H and O–H groups in total. The lowest BCUT2D eigenvalue weighted by Crippen LogP contribution is -2.30. The Bertz CT molecular complexity index is 628. The van der Waals surface area contributed by atoms with Crippen molar-refractivity contribution in [3.05, 3.63) is 58.9 Å². The Morgan fingerprint density at radius 3 is 2.85 bits per heavy atom. The molecule has 20 heavy (non-hydrogen) atoms. The van der Waals surface area contributed by atoms with Gasteiger partial charge in [0, 0.05) is 10.6 Å². The standard InChI is InChI=1S/C15H17N3OS/c1-10-6-7-11(2)14(8-10)20-9-12-4-3-5-13(17-12)15(19)18-16/h3-8H,9,16H2,1-2H3,(H,18,19). The van der Waals surface area contributed by atoms with Gasteiger partial charge >= 0.3 is 0 Å². The van der Waals surface area contributed by atoms with E-state index >= 15 is 0 Å². The van der Waals surface area contributed by atoms with Crippen LogP contribution >= 0.6 is 11.8 Å². The topological polar surface area (TPSA) is 68.0 Å². The fourth-order valence-corrected chi connectivity index (χ4v) is 2.80. The van der Waals surface area contributed by atoms with Crippen LogP contribution in [0.15, 0.2) is 41.3 Å². The Balaban J connectivity index is 2.11. The molecule has 104 valence electrons. The molecule has 0 radical (unpaired) electrons. The Morgan fingerprint density at radius 1 is 1.30 bits per heavy atom. The monoisotopic (exact) mass is 287 g/mol. The number of nitrogen functional groups attached to an aromatic ring is 1. The molecular weight excluding hydrogens is 270 g/mol. The van der Waals surface area contributed by atoms with E-state index in [2.05, 4.69) is 42.5 Å².